The molecule has 0 radical (unpaired) electrons. The largest absolute Gasteiger partial charge is 0.477 e. The number of fused-ring (bicyclic) bond motifs is 2. The lowest BCUT2D eigenvalue weighted by Gasteiger charge is -2.12. The highest BCUT2D eigenvalue weighted by atomic mass is 16.5. The van der Waals surface area contributed by atoms with E-state index in [0.717, 1.165) is 47.3 Å². The minimum Gasteiger partial charge on any atom is -0.477 e. The fourth-order valence-corrected chi connectivity index (χ4v) is 3.34. The molecule has 1 saturated heterocycles. The van der Waals surface area contributed by atoms with Crippen molar-refractivity contribution in [3.63, 3.8) is 0 Å². The van der Waals surface area contributed by atoms with Crippen molar-refractivity contribution in [1.29, 1.82) is 0 Å². The third kappa shape index (κ3) is 3.17. The molecule has 1 atom stereocenters. The molecule has 5 rings (SSSR count). The van der Waals surface area contributed by atoms with Crippen molar-refractivity contribution in [2.45, 2.75) is 6.42 Å². The summed E-state index contributed by atoms with van der Waals surface area (Å²) < 4.78 is 11.4. The summed E-state index contributed by atoms with van der Waals surface area (Å²) in [5, 5.41) is 13.6. The van der Waals surface area contributed by atoms with Crippen LogP contribution in [0.15, 0.2) is 48.8 Å². The molecule has 3 aromatic heterocycles. The second-order valence-corrected chi connectivity index (χ2v) is 6.69. The zero-order chi connectivity index (χ0) is 18.1. The Kier molecular flexibility index (Phi) is 4.06. The lowest BCUT2D eigenvalue weighted by atomic mass is 10.1. The summed E-state index contributed by atoms with van der Waals surface area (Å²) in [6.45, 7) is 2.23. The summed E-state index contributed by atoms with van der Waals surface area (Å²) >= 11 is 0. The van der Waals surface area contributed by atoms with Crippen molar-refractivity contribution in [3.8, 4) is 5.88 Å². The Morgan fingerprint density at radius 3 is 3.07 bits per heavy atom. The molecule has 1 unspecified atom stereocenters. The van der Waals surface area contributed by atoms with Crippen LogP contribution in [-0.4, -0.2) is 40.0 Å². The highest BCUT2D eigenvalue weighted by Crippen LogP contribution is 2.29. The number of pyridine rings is 2. The number of aromatic amines is 1. The molecule has 2 N–H and O–H groups in total. The fourth-order valence-electron chi connectivity index (χ4n) is 3.34. The molecule has 27 heavy (non-hydrogen) atoms. The minimum atomic E-state index is 0.449. The van der Waals surface area contributed by atoms with Crippen molar-refractivity contribution in [3.05, 3.63) is 48.8 Å². The van der Waals surface area contributed by atoms with E-state index in [1.807, 2.05) is 30.3 Å². The molecule has 0 amide bonds. The number of nitrogens with one attached hydrogen (secondary N) is 2. The predicted octanol–water partition coefficient (Wildman–Crippen LogP) is 3.67. The molecule has 4 heterocycles. The fraction of sp³-hybridized carbons (Fsp3) is 0.250. The van der Waals surface area contributed by atoms with Crippen LogP contribution in [0.25, 0.3) is 21.8 Å². The molecule has 0 saturated carbocycles. The van der Waals surface area contributed by atoms with Gasteiger partial charge in [0.1, 0.15) is 5.82 Å². The maximum Gasteiger partial charge on any atom is 0.221 e. The molecule has 1 aromatic carbocycles. The summed E-state index contributed by atoms with van der Waals surface area (Å²) in [5.74, 6) is 1.94. The van der Waals surface area contributed by atoms with Gasteiger partial charge in [0.25, 0.3) is 0 Å². The Hall–Kier alpha value is -3.19. The molecule has 136 valence electrons. The molecule has 1 aliphatic heterocycles. The van der Waals surface area contributed by atoms with Gasteiger partial charge in [-0.1, -0.05) is 0 Å². The molecule has 7 nitrogen and oxygen atoms in total. The topological polar surface area (TPSA) is 85.0 Å². The van der Waals surface area contributed by atoms with Crippen LogP contribution in [-0.2, 0) is 4.74 Å². The van der Waals surface area contributed by atoms with Gasteiger partial charge in [0.15, 0.2) is 5.65 Å². The third-order valence-electron chi connectivity index (χ3n) is 4.81. The van der Waals surface area contributed by atoms with E-state index in [1.165, 1.54) is 0 Å². The zero-order valence-electron chi connectivity index (χ0n) is 14.7. The van der Waals surface area contributed by atoms with Crippen LogP contribution in [0.3, 0.4) is 0 Å². The monoisotopic (exact) mass is 361 g/mol. The van der Waals surface area contributed by atoms with Gasteiger partial charge in [0, 0.05) is 36.0 Å². The standard InChI is InChI=1S/C20H19N5O2/c1-2-17-18(21-7-1)24-25-19(17)23-15-3-4-16-14(10-15)5-8-22-20(16)27-12-13-6-9-26-11-13/h1-5,7-8,10,13H,6,9,11-12H2,(H2,21,23,24,25). The number of anilines is 2. The summed E-state index contributed by atoms with van der Waals surface area (Å²) in [7, 11) is 0. The summed E-state index contributed by atoms with van der Waals surface area (Å²) in [6, 6.07) is 12.0. The highest BCUT2D eigenvalue weighted by Gasteiger charge is 2.17. The molecule has 7 heteroatoms. The van der Waals surface area contributed by atoms with Crippen molar-refractivity contribution in [2.75, 3.05) is 25.1 Å². The van der Waals surface area contributed by atoms with Crippen molar-refractivity contribution in [2.24, 2.45) is 5.92 Å². The zero-order valence-corrected chi connectivity index (χ0v) is 14.7. The van der Waals surface area contributed by atoms with Gasteiger partial charge in [-0.3, -0.25) is 5.10 Å². The molecule has 4 aromatic rings. The minimum absolute atomic E-state index is 0.449. The first kappa shape index (κ1) is 16.0. The quantitative estimate of drug-likeness (QED) is 0.564. The highest BCUT2D eigenvalue weighted by molar-refractivity contribution is 5.92. The van der Waals surface area contributed by atoms with Crippen LogP contribution in [0.5, 0.6) is 5.88 Å². The van der Waals surface area contributed by atoms with Gasteiger partial charge >= 0.3 is 0 Å². The SMILES string of the molecule is c1cnc2n[nH]c(Nc3ccc4c(OCC5CCOC5)nccc4c3)c2c1. The number of rotatable bonds is 5. The molecule has 0 bridgehead atoms. The van der Waals surface area contributed by atoms with Crippen LogP contribution >= 0.6 is 0 Å². The van der Waals surface area contributed by atoms with E-state index in [9.17, 15) is 0 Å². The predicted molar refractivity (Wildman–Crippen MR) is 103 cm³/mol. The van der Waals surface area contributed by atoms with Crippen molar-refractivity contribution < 1.29 is 9.47 Å². The maximum atomic E-state index is 5.97. The lowest BCUT2D eigenvalue weighted by Crippen LogP contribution is -2.12. The number of benzene rings is 1. The Bertz CT molecular complexity index is 1090. The molecule has 0 aliphatic carbocycles. The van der Waals surface area contributed by atoms with Crippen molar-refractivity contribution in [1.82, 2.24) is 20.2 Å². The molecule has 0 spiro atoms. The van der Waals surface area contributed by atoms with Crippen LogP contribution < -0.4 is 10.1 Å². The number of ether oxygens (including phenoxy) is 2. The van der Waals surface area contributed by atoms with E-state index in [4.69, 9.17) is 9.47 Å². The molecule has 1 aliphatic rings. The van der Waals surface area contributed by atoms with Crippen molar-refractivity contribution >= 4 is 33.3 Å². The van der Waals surface area contributed by atoms with E-state index < -0.39 is 0 Å². The average Bonchev–Trinajstić information content (AvgIpc) is 3.36. The van der Waals surface area contributed by atoms with E-state index in [-0.39, 0.29) is 0 Å². The van der Waals surface area contributed by atoms with Gasteiger partial charge in [-0.05, 0) is 48.2 Å². The van der Waals surface area contributed by atoms with Crippen LogP contribution in [0.4, 0.5) is 11.5 Å². The lowest BCUT2D eigenvalue weighted by molar-refractivity contribution is 0.166. The van der Waals surface area contributed by atoms with Crippen LogP contribution in [0.2, 0.25) is 0 Å². The molecule has 1 fully saturated rings. The van der Waals surface area contributed by atoms with E-state index >= 15 is 0 Å². The number of nitrogens with zero attached hydrogens (tertiary/aromatic N) is 3. The van der Waals surface area contributed by atoms with Gasteiger partial charge in [-0.25, -0.2) is 9.97 Å². The van der Waals surface area contributed by atoms with E-state index in [1.54, 1.807) is 12.4 Å². The Labute approximate surface area is 155 Å². The van der Waals surface area contributed by atoms with Gasteiger partial charge in [-0.15, -0.1) is 0 Å². The first-order valence-corrected chi connectivity index (χ1v) is 9.02. The van der Waals surface area contributed by atoms with Gasteiger partial charge in [0.2, 0.25) is 5.88 Å². The Morgan fingerprint density at radius 2 is 2.15 bits per heavy atom. The number of hydrogen-bond acceptors (Lipinski definition) is 6. The average molecular weight is 361 g/mol. The van der Waals surface area contributed by atoms with Crippen LogP contribution in [0, 0.1) is 5.92 Å². The Balaban J connectivity index is 1.40. The van der Waals surface area contributed by atoms with Gasteiger partial charge in [0.05, 0.1) is 18.6 Å². The number of aromatic nitrogens is 4. The third-order valence-corrected chi connectivity index (χ3v) is 4.81. The van der Waals surface area contributed by atoms with E-state index in [2.05, 4.69) is 31.5 Å². The smallest absolute Gasteiger partial charge is 0.221 e. The molecular weight excluding hydrogens is 342 g/mol. The van der Waals surface area contributed by atoms with E-state index in [0.29, 0.717) is 24.1 Å². The number of hydrogen-bond donors (Lipinski definition) is 2. The summed E-state index contributed by atoms with van der Waals surface area (Å²) in [5.41, 5.74) is 1.65. The summed E-state index contributed by atoms with van der Waals surface area (Å²) in [4.78, 5) is 8.65. The maximum absolute atomic E-state index is 5.97. The first-order chi connectivity index (χ1) is 13.4. The first-order valence-electron chi connectivity index (χ1n) is 9.02. The second-order valence-electron chi connectivity index (χ2n) is 6.69. The molecular formula is C20H19N5O2. The number of H-pyrrole nitrogens is 1. The Morgan fingerprint density at radius 1 is 1.15 bits per heavy atom. The van der Waals surface area contributed by atoms with Crippen LogP contribution in [0.1, 0.15) is 6.42 Å². The van der Waals surface area contributed by atoms with Gasteiger partial charge < -0.3 is 14.8 Å². The second kappa shape index (κ2) is 6.85. The summed E-state index contributed by atoms with van der Waals surface area (Å²) in [6.07, 6.45) is 4.56. The normalized spacial score (nSPS) is 16.8. The van der Waals surface area contributed by atoms with Gasteiger partial charge in [-0.2, -0.15) is 5.10 Å².